The van der Waals surface area contributed by atoms with Crippen molar-refractivity contribution in [2.24, 2.45) is 5.92 Å². The van der Waals surface area contributed by atoms with Gasteiger partial charge in [0.15, 0.2) is 0 Å². The van der Waals surface area contributed by atoms with E-state index in [-0.39, 0.29) is 25.7 Å². The van der Waals surface area contributed by atoms with Gasteiger partial charge in [-0.2, -0.15) is 0 Å². The number of carboxylic acid groups (broad SMARTS) is 3. The first kappa shape index (κ1) is 27.6. The fourth-order valence-corrected chi connectivity index (χ4v) is 0.620. The van der Waals surface area contributed by atoms with E-state index in [4.69, 9.17) is 45.0 Å². The zero-order valence-corrected chi connectivity index (χ0v) is 12.5. The van der Waals surface area contributed by atoms with Gasteiger partial charge in [-0.25, -0.2) is 0 Å². The van der Waals surface area contributed by atoms with Crippen molar-refractivity contribution < 1.29 is 45.0 Å². The molecular weight excluding hydrogens is 288 g/mol. The fraction of sp³-hybridized carbons (Fsp3) is 0.750. The zero-order chi connectivity index (χ0) is 17.8. The lowest BCUT2D eigenvalue weighted by Gasteiger charge is -2.07. The van der Waals surface area contributed by atoms with E-state index in [1.165, 1.54) is 0 Å². The first-order valence-electron chi connectivity index (χ1n) is 5.96. The minimum Gasteiger partial charge on any atom is -0.481 e. The maximum Gasteiger partial charge on any atom is 0.300 e. The van der Waals surface area contributed by atoms with Crippen LogP contribution in [0.2, 0.25) is 0 Å². The molecule has 0 rings (SSSR count). The Morgan fingerprint density at radius 2 is 1.00 bits per heavy atom. The zero-order valence-electron chi connectivity index (χ0n) is 12.5. The molecule has 0 atom stereocenters. The lowest BCUT2D eigenvalue weighted by atomic mass is 10.1. The molecule has 0 aliphatic carbocycles. The monoisotopic (exact) mass is 314 g/mol. The van der Waals surface area contributed by atoms with Crippen molar-refractivity contribution in [3.8, 4) is 0 Å². The predicted octanol–water partition coefficient (Wildman–Crippen LogP) is -0.368. The van der Waals surface area contributed by atoms with Gasteiger partial charge in [-0.05, 0) is 12.8 Å². The molecule has 0 spiro atoms. The van der Waals surface area contributed by atoms with Gasteiger partial charge in [-0.1, -0.05) is 0 Å². The molecule has 6 N–H and O–H groups in total. The molecule has 0 unspecified atom stereocenters. The van der Waals surface area contributed by atoms with Crippen LogP contribution in [-0.2, 0) is 14.4 Å². The van der Waals surface area contributed by atoms with Crippen LogP contribution in [-0.4, -0.2) is 68.4 Å². The molecule has 0 heterocycles. The van der Waals surface area contributed by atoms with Crippen LogP contribution in [0.25, 0.3) is 0 Å². The quantitative estimate of drug-likeness (QED) is 0.396. The maximum atomic E-state index is 9.00. The van der Waals surface area contributed by atoms with Crippen LogP contribution >= 0.6 is 0 Å². The minimum atomic E-state index is -0.833. The molecule has 0 saturated carbocycles. The summed E-state index contributed by atoms with van der Waals surface area (Å²) >= 11 is 0. The van der Waals surface area contributed by atoms with Crippen molar-refractivity contribution >= 4 is 17.9 Å². The standard InChI is InChI=1S/C6H14O3.3C2H4O2/c7-3-1-2-6(4-8)5-9;3*1-2(3)4/h6-9H,1-5H2;3*1H3,(H,3,4). The van der Waals surface area contributed by atoms with E-state index in [0.29, 0.717) is 12.8 Å². The lowest BCUT2D eigenvalue weighted by molar-refractivity contribution is -0.135. The molecule has 0 aliphatic heterocycles. The fourth-order valence-electron chi connectivity index (χ4n) is 0.620. The second-order valence-electron chi connectivity index (χ2n) is 3.65. The molecule has 0 radical (unpaired) electrons. The summed E-state index contributed by atoms with van der Waals surface area (Å²) in [5.74, 6) is -2.54. The Labute approximate surface area is 123 Å². The van der Waals surface area contributed by atoms with Crippen LogP contribution < -0.4 is 0 Å². The summed E-state index contributed by atoms with van der Waals surface area (Å²) in [6.07, 6.45) is 1.36. The highest BCUT2D eigenvalue weighted by Crippen LogP contribution is 2.02. The summed E-state index contributed by atoms with van der Waals surface area (Å²) < 4.78 is 0. The summed E-state index contributed by atoms with van der Waals surface area (Å²) in [5, 5.41) is 47.6. The predicted molar refractivity (Wildman–Crippen MR) is 73.9 cm³/mol. The number of rotatable bonds is 5. The van der Waals surface area contributed by atoms with E-state index in [1.807, 2.05) is 0 Å². The molecule has 0 aromatic carbocycles. The third-order valence-electron chi connectivity index (χ3n) is 1.29. The smallest absolute Gasteiger partial charge is 0.300 e. The number of hydrogen-bond acceptors (Lipinski definition) is 6. The largest absolute Gasteiger partial charge is 0.481 e. The van der Waals surface area contributed by atoms with E-state index >= 15 is 0 Å². The van der Waals surface area contributed by atoms with E-state index in [2.05, 4.69) is 0 Å². The normalized spacial score (nSPS) is 8.14. The molecule has 9 nitrogen and oxygen atoms in total. The Hall–Kier alpha value is -1.71. The van der Waals surface area contributed by atoms with E-state index in [1.54, 1.807) is 0 Å². The summed E-state index contributed by atoms with van der Waals surface area (Å²) in [4.78, 5) is 27.0. The van der Waals surface area contributed by atoms with Crippen molar-refractivity contribution in [2.75, 3.05) is 19.8 Å². The highest BCUT2D eigenvalue weighted by atomic mass is 16.4. The van der Waals surface area contributed by atoms with E-state index in [0.717, 1.165) is 20.8 Å². The van der Waals surface area contributed by atoms with Crippen LogP contribution in [0.3, 0.4) is 0 Å². The van der Waals surface area contributed by atoms with Crippen molar-refractivity contribution in [3.63, 3.8) is 0 Å². The number of aliphatic hydroxyl groups excluding tert-OH is 3. The van der Waals surface area contributed by atoms with Gasteiger partial charge in [-0.15, -0.1) is 0 Å². The highest BCUT2D eigenvalue weighted by molar-refractivity contribution is 5.63. The molecule has 21 heavy (non-hydrogen) atoms. The van der Waals surface area contributed by atoms with Crippen molar-refractivity contribution in [1.29, 1.82) is 0 Å². The summed E-state index contributed by atoms with van der Waals surface area (Å²) in [5.41, 5.74) is 0. The third-order valence-corrected chi connectivity index (χ3v) is 1.29. The number of aliphatic hydroxyl groups is 3. The molecule has 0 aliphatic rings. The van der Waals surface area contributed by atoms with Crippen LogP contribution in [0.4, 0.5) is 0 Å². The minimum absolute atomic E-state index is 0.0104. The molecule has 0 aromatic heterocycles. The Morgan fingerprint density at radius 3 is 1.14 bits per heavy atom. The van der Waals surface area contributed by atoms with Crippen LogP contribution in [0.15, 0.2) is 0 Å². The first-order valence-corrected chi connectivity index (χ1v) is 5.96. The van der Waals surface area contributed by atoms with Crippen LogP contribution in [0.1, 0.15) is 33.6 Å². The second kappa shape index (κ2) is 23.4. The highest BCUT2D eigenvalue weighted by Gasteiger charge is 2.03. The van der Waals surface area contributed by atoms with E-state index < -0.39 is 17.9 Å². The number of carboxylic acids is 3. The molecule has 0 aromatic rings. The number of aliphatic carboxylic acids is 3. The Kier molecular flexibility index (Phi) is 30.7. The van der Waals surface area contributed by atoms with Gasteiger partial charge < -0.3 is 30.6 Å². The molecule has 0 fully saturated rings. The molecule has 0 bridgehead atoms. The SMILES string of the molecule is CC(=O)O.CC(=O)O.CC(=O)O.OCCCC(CO)CO. The third kappa shape index (κ3) is 123. The molecule has 128 valence electrons. The average molecular weight is 314 g/mol. The van der Waals surface area contributed by atoms with Gasteiger partial charge in [0.25, 0.3) is 17.9 Å². The topological polar surface area (TPSA) is 173 Å². The first-order chi connectivity index (χ1) is 9.54. The number of hydrogen-bond donors (Lipinski definition) is 6. The van der Waals surface area contributed by atoms with Gasteiger partial charge in [-0.3, -0.25) is 14.4 Å². The van der Waals surface area contributed by atoms with Crippen molar-refractivity contribution in [2.45, 2.75) is 33.6 Å². The number of carbonyl (C=O) groups is 3. The molecular formula is C12H26O9. The lowest BCUT2D eigenvalue weighted by Crippen LogP contribution is -2.11. The van der Waals surface area contributed by atoms with Crippen molar-refractivity contribution in [3.05, 3.63) is 0 Å². The van der Waals surface area contributed by atoms with Gasteiger partial charge in [0.1, 0.15) is 0 Å². The van der Waals surface area contributed by atoms with Gasteiger partial charge in [0, 0.05) is 46.5 Å². The Balaban J connectivity index is -0.000000102. The van der Waals surface area contributed by atoms with E-state index in [9.17, 15) is 0 Å². The van der Waals surface area contributed by atoms with Gasteiger partial charge in [0.2, 0.25) is 0 Å². The van der Waals surface area contributed by atoms with Gasteiger partial charge in [0.05, 0.1) is 0 Å². The summed E-state index contributed by atoms with van der Waals surface area (Å²) in [6.45, 7) is 3.41. The summed E-state index contributed by atoms with van der Waals surface area (Å²) in [6, 6.07) is 0. The molecule has 0 amide bonds. The van der Waals surface area contributed by atoms with Crippen molar-refractivity contribution in [1.82, 2.24) is 0 Å². The maximum absolute atomic E-state index is 9.00. The second-order valence-corrected chi connectivity index (χ2v) is 3.65. The average Bonchev–Trinajstić information content (AvgIpc) is 2.28. The van der Waals surface area contributed by atoms with Gasteiger partial charge >= 0.3 is 0 Å². The molecule has 0 saturated heterocycles. The Bertz CT molecular complexity index is 209. The van der Waals surface area contributed by atoms with Crippen LogP contribution in [0, 0.1) is 5.92 Å². The summed E-state index contributed by atoms with van der Waals surface area (Å²) in [7, 11) is 0. The van der Waals surface area contributed by atoms with Crippen LogP contribution in [0.5, 0.6) is 0 Å². The molecule has 9 heteroatoms. The Morgan fingerprint density at radius 1 is 0.762 bits per heavy atom.